The van der Waals surface area contributed by atoms with Gasteiger partial charge in [-0.1, -0.05) is 13.8 Å². The summed E-state index contributed by atoms with van der Waals surface area (Å²) in [6.45, 7) is 10.5. The Morgan fingerprint density at radius 3 is 2.10 bits per heavy atom. The van der Waals surface area contributed by atoms with Crippen LogP contribution in [0.5, 0.6) is 0 Å². The molecule has 0 bridgehead atoms. The normalized spacial score (nSPS) is 16.0. The lowest BCUT2D eigenvalue weighted by Crippen LogP contribution is -2.55. The molecule has 0 aliphatic heterocycles. The van der Waals surface area contributed by atoms with Gasteiger partial charge in [-0.15, -0.1) is 0 Å². The first-order valence-electron chi connectivity index (χ1n) is 7.16. The number of alkyl carbamates (subject to hydrolysis) is 1. The van der Waals surface area contributed by atoms with Crippen LogP contribution in [0, 0.1) is 5.92 Å². The Morgan fingerprint density at radius 1 is 1.19 bits per heavy atom. The topological polar surface area (TPSA) is 87.7 Å². The Balaban J connectivity index is 4.61. The fourth-order valence-electron chi connectivity index (χ4n) is 1.68. The highest BCUT2D eigenvalue weighted by molar-refractivity contribution is 6.13. The van der Waals surface area contributed by atoms with Crippen molar-refractivity contribution in [2.45, 2.75) is 71.7 Å². The predicted molar refractivity (Wildman–Crippen MR) is 82.0 cm³/mol. The van der Waals surface area contributed by atoms with Gasteiger partial charge in [0.05, 0.1) is 14.0 Å². The third-order valence-electron chi connectivity index (χ3n) is 2.49. The second-order valence-electron chi connectivity index (χ2n) is 6.61. The number of carbonyl (C=O) groups excluding carboxylic acids is 2. The number of aliphatic hydroxyl groups excluding tert-OH is 1. The maximum absolute atomic E-state index is 12.1. The van der Waals surface area contributed by atoms with Gasteiger partial charge in [0.25, 0.3) is 0 Å². The van der Waals surface area contributed by atoms with Gasteiger partial charge in [0.1, 0.15) is 11.6 Å². The Bertz CT molecular complexity index is 353. The van der Waals surface area contributed by atoms with Crippen LogP contribution in [0.2, 0.25) is 0 Å². The third kappa shape index (κ3) is 9.34. The zero-order chi connectivity index (χ0) is 16.8. The third-order valence-corrected chi connectivity index (χ3v) is 2.49. The molecule has 3 atom stereocenters. The summed E-state index contributed by atoms with van der Waals surface area (Å²) >= 11 is 0. The van der Waals surface area contributed by atoms with Crippen LogP contribution in [0.25, 0.3) is 0 Å². The number of nitrogens with one attached hydrogen (secondary N) is 2. The minimum Gasteiger partial charge on any atom is -0.444 e. The monoisotopic (exact) mass is 298 g/mol. The lowest BCUT2D eigenvalue weighted by Gasteiger charge is -2.26. The van der Waals surface area contributed by atoms with Crippen molar-refractivity contribution in [2.24, 2.45) is 5.92 Å². The SMILES string of the molecule is [B][C@H](CC(C)C)NC(=O)[C@@H](NC(=O)OC(C)(C)C)[C@@H](C)O. The molecule has 2 radical (unpaired) electrons. The van der Waals surface area contributed by atoms with Gasteiger partial charge in [0.2, 0.25) is 5.91 Å². The maximum Gasteiger partial charge on any atom is 0.408 e. The smallest absolute Gasteiger partial charge is 0.408 e. The second kappa shape index (κ2) is 8.27. The number of aliphatic hydroxyl groups is 1. The van der Waals surface area contributed by atoms with E-state index in [0.29, 0.717) is 12.3 Å². The van der Waals surface area contributed by atoms with Crippen molar-refractivity contribution in [2.75, 3.05) is 0 Å². The average Bonchev–Trinajstić information content (AvgIpc) is 2.21. The van der Waals surface area contributed by atoms with Crippen LogP contribution < -0.4 is 10.6 Å². The highest BCUT2D eigenvalue weighted by Gasteiger charge is 2.28. The van der Waals surface area contributed by atoms with Crippen LogP contribution in [-0.4, -0.2) is 48.6 Å². The Labute approximate surface area is 128 Å². The van der Waals surface area contributed by atoms with E-state index in [2.05, 4.69) is 10.6 Å². The van der Waals surface area contributed by atoms with E-state index in [1.54, 1.807) is 20.8 Å². The number of rotatable bonds is 6. The van der Waals surface area contributed by atoms with E-state index in [1.165, 1.54) is 6.92 Å². The van der Waals surface area contributed by atoms with Gasteiger partial charge in [0, 0.05) is 0 Å². The minimum absolute atomic E-state index is 0.323. The van der Waals surface area contributed by atoms with Crippen molar-refractivity contribution in [1.82, 2.24) is 10.6 Å². The van der Waals surface area contributed by atoms with Gasteiger partial charge in [0.15, 0.2) is 0 Å². The largest absolute Gasteiger partial charge is 0.444 e. The highest BCUT2D eigenvalue weighted by Crippen LogP contribution is 2.08. The molecule has 0 unspecified atom stereocenters. The molecule has 120 valence electrons. The van der Waals surface area contributed by atoms with Crippen LogP contribution in [0.4, 0.5) is 4.79 Å². The first kappa shape index (κ1) is 19.8. The molecule has 0 aromatic heterocycles. The van der Waals surface area contributed by atoms with Crippen LogP contribution in [0.1, 0.15) is 48.0 Å². The van der Waals surface area contributed by atoms with E-state index in [-0.39, 0.29) is 0 Å². The molecule has 0 saturated heterocycles. The number of ether oxygens (including phenoxy) is 1. The molecule has 0 aromatic rings. The number of amides is 2. The molecule has 6 nitrogen and oxygen atoms in total. The van der Waals surface area contributed by atoms with Crippen molar-refractivity contribution in [3.05, 3.63) is 0 Å². The lowest BCUT2D eigenvalue weighted by molar-refractivity contribution is -0.125. The summed E-state index contributed by atoms with van der Waals surface area (Å²) in [4.78, 5) is 23.7. The summed E-state index contributed by atoms with van der Waals surface area (Å²) in [5.74, 6) is -0.743. The molecule has 21 heavy (non-hydrogen) atoms. The molecule has 2 amide bonds. The molecule has 7 heteroatoms. The number of hydrogen-bond donors (Lipinski definition) is 3. The molecular weight excluding hydrogens is 271 g/mol. The molecule has 0 aliphatic carbocycles. The number of carbonyl (C=O) groups is 2. The van der Waals surface area contributed by atoms with Gasteiger partial charge in [-0.2, -0.15) is 0 Å². The van der Waals surface area contributed by atoms with Gasteiger partial charge in [-0.05, 0) is 46.0 Å². The molecule has 0 rings (SSSR count). The molecule has 0 spiro atoms. The highest BCUT2D eigenvalue weighted by atomic mass is 16.6. The van der Waals surface area contributed by atoms with Gasteiger partial charge in [-0.3, -0.25) is 4.79 Å². The van der Waals surface area contributed by atoms with E-state index < -0.39 is 35.7 Å². The van der Waals surface area contributed by atoms with E-state index in [4.69, 9.17) is 12.6 Å². The summed E-state index contributed by atoms with van der Waals surface area (Å²) < 4.78 is 5.07. The van der Waals surface area contributed by atoms with E-state index >= 15 is 0 Å². The van der Waals surface area contributed by atoms with Gasteiger partial charge >= 0.3 is 6.09 Å². The van der Waals surface area contributed by atoms with E-state index in [9.17, 15) is 14.7 Å². The molecule has 0 fully saturated rings. The summed E-state index contributed by atoms with van der Waals surface area (Å²) in [6.07, 6.45) is -1.23. The molecule has 0 heterocycles. The molecule has 0 saturated carbocycles. The van der Waals surface area contributed by atoms with Crippen LogP contribution in [0.15, 0.2) is 0 Å². The Kier molecular flexibility index (Phi) is 7.78. The fourth-order valence-corrected chi connectivity index (χ4v) is 1.68. The van der Waals surface area contributed by atoms with Gasteiger partial charge in [-0.25, -0.2) is 4.79 Å². The lowest BCUT2D eigenvalue weighted by atomic mass is 9.88. The van der Waals surface area contributed by atoms with Crippen LogP contribution >= 0.6 is 0 Å². The molecular formula is C14H27BN2O4. The maximum atomic E-state index is 12.1. The summed E-state index contributed by atoms with van der Waals surface area (Å²) in [5.41, 5.74) is -0.683. The summed E-state index contributed by atoms with van der Waals surface area (Å²) in [7, 11) is 5.79. The second-order valence-corrected chi connectivity index (χ2v) is 6.61. The van der Waals surface area contributed by atoms with Crippen molar-refractivity contribution < 1.29 is 19.4 Å². The quantitative estimate of drug-likeness (QED) is 0.636. The van der Waals surface area contributed by atoms with Crippen molar-refractivity contribution in [1.29, 1.82) is 0 Å². The van der Waals surface area contributed by atoms with Crippen molar-refractivity contribution >= 4 is 19.8 Å². The summed E-state index contributed by atoms with van der Waals surface area (Å²) in [6, 6.07) is -1.11. The molecule has 3 N–H and O–H groups in total. The summed E-state index contributed by atoms with van der Waals surface area (Å²) in [5, 5.41) is 14.6. The van der Waals surface area contributed by atoms with Crippen molar-refractivity contribution in [3.63, 3.8) is 0 Å². The Morgan fingerprint density at radius 2 is 1.71 bits per heavy atom. The number of hydrogen-bond acceptors (Lipinski definition) is 4. The fraction of sp³-hybridized carbons (Fsp3) is 0.857. The average molecular weight is 298 g/mol. The van der Waals surface area contributed by atoms with Crippen molar-refractivity contribution in [3.8, 4) is 0 Å². The minimum atomic E-state index is -1.11. The first-order chi connectivity index (χ1) is 9.42. The van der Waals surface area contributed by atoms with Crippen LogP contribution in [-0.2, 0) is 9.53 Å². The molecule has 0 aliphatic rings. The van der Waals surface area contributed by atoms with E-state index in [0.717, 1.165) is 0 Å². The zero-order valence-electron chi connectivity index (χ0n) is 13.8. The van der Waals surface area contributed by atoms with Gasteiger partial charge < -0.3 is 20.5 Å². The molecule has 0 aromatic carbocycles. The zero-order valence-corrected chi connectivity index (χ0v) is 13.8. The first-order valence-corrected chi connectivity index (χ1v) is 7.16. The van der Waals surface area contributed by atoms with Crippen LogP contribution in [0.3, 0.4) is 0 Å². The van der Waals surface area contributed by atoms with E-state index in [1.807, 2.05) is 13.8 Å². The predicted octanol–water partition coefficient (Wildman–Crippen LogP) is 0.917. The standard InChI is InChI=1S/C14H27BN2O4/c1-8(2)7-10(15)16-12(19)11(9(3)18)17-13(20)21-14(4,5)6/h8-11,18H,7H2,1-6H3,(H,16,19)(H,17,20)/t9-,10+,11+/m1/s1. The Hall–Kier alpha value is -1.24.